The number of carbonyl (C=O) groups excluding carboxylic acids is 1. The fourth-order valence-electron chi connectivity index (χ4n) is 2.34. The Labute approximate surface area is 151 Å². The van der Waals surface area contributed by atoms with Gasteiger partial charge in [0.25, 0.3) is 0 Å². The van der Waals surface area contributed by atoms with E-state index < -0.39 is 0 Å². The van der Waals surface area contributed by atoms with E-state index >= 15 is 0 Å². The Hall–Kier alpha value is -3.47. The minimum Gasteiger partial charge on any atom is -0.455 e. The molecule has 3 rings (SSSR count). The second-order valence-electron chi connectivity index (χ2n) is 5.65. The number of pyridine rings is 1. The molecule has 0 unspecified atom stereocenters. The third-order valence-electron chi connectivity index (χ3n) is 3.58. The lowest BCUT2D eigenvalue weighted by Gasteiger charge is -2.10. The van der Waals surface area contributed by atoms with Gasteiger partial charge < -0.3 is 10.1 Å². The predicted octanol–water partition coefficient (Wildman–Crippen LogP) is 4.97. The first-order valence-corrected chi connectivity index (χ1v) is 8.03. The Kier molecular flexibility index (Phi) is 5.39. The maximum absolute atomic E-state index is 13.1. The number of rotatable bonds is 5. The van der Waals surface area contributed by atoms with Crippen LogP contribution in [0.25, 0.3) is 6.08 Å². The SMILES string of the molecule is Cc1cc(NC(=O)C=Cc2cccc(F)c2)ccc1Oc1cccnc1. The van der Waals surface area contributed by atoms with Crippen LogP contribution in [0.3, 0.4) is 0 Å². The van der Waals surface area contributed by atoms with Crippen molar-refractivity contribution in [2.24, 2.45) is 0 Å². The van der Waals surface area contributed by atoms with E-state index in [1.807, 2.05) is 19.1 Å². The number of amides is 1. The second-order valence-corrected chi connectivity index (χ2v) is 5.65. The molecule has 2 aromatic carbocycles. The summed E-state index contributed by atoms with van der Waals surface area (Å²) in [6, 6.07) is 15.0. The average Bonchev–Trinajstić information content (AvgIpc) is 2.63. The molecule has 3 aromatic rings. The zero-order chi connectivity index (χ0) is 18.4. The lowest BCUT2D eigenvalue weighted by Crippen LogP contribution is -2.07. The molecule has 26 heavy (non-hydrogen) atoms. The minimum absolute atomic E-state index is 0.297. The van der Waals surface area contributed by atoms with Crippen LogP contribution in [-0.2, 0) is 4.79 Å². The highest BCUT2D eigenvalue weighted by molar-refractivity contribution is 6.02. The first kappa shape index (κ1) is 17.4. The molecule has 5 heteroatoms. The van der Waals surface area contributed by atoms with Crippen LogP contribution in [0.2, 0.25) is 0 Å². The van der Waals surface area contributed by atoms with Gasteiger partial charge in [0, 0.05) is 18.0 Å². The number of nitrogens with one attached hydrogen (secondary N) is 1. The molecule has 0 aliphatic heterocycles. The summed E-state index contributed by atoms with van der Waals surface area (Å²) in [6.45, 7) is 1.89. The first-order valence-electron chi connectivity index (χ1n) is 8.03. The van der Waals surface area contributed by atoms with E-state index in [2.05, 4.69) is 10.3 Å². The maximum atomic E-state index is 13.1. The molecule has 0 saturated carbocycles. The molecule has 130 valence electrons. The Morgan fingerprint density at radius 1 is 1.15 bits per heavy atom. The number of anilines is 1. The second kappa shape index (κ2) is 8.07. The normalized spacial score (nSPS) is 10.7. The van der Waals surface area contributed by atoms with E-state index in [4.69, 9.17) is 4.74 Å². The molecule has 1 N–H and O–H groups in total. The zero-order valence-electron chi connectivity index (χ0n) is 14.1. The van der Waals surface area contributed by atoms with E-state index in [0.29, 0.717) is 22.7 Å². The quantitative estimate of drug-likeness (QED) is 0.662. The van der Waals surface area contributed by atoms with Crippen molar-refractivity contribution in [1.82, 2.24) is 4.98 Å². The summed E-state index contributed by atoms with van der Waals surface area (Å²) < 4.78 is 18.9. The van der Waals surface area contributed by atoms with Crippen LogP contribution in [0.1, 0.15) is 11.1 Å². The maximum Gasteiger partial charge on any atom is 0.248 e. The van der Waals surface area contributed by atoms with Gasteiger partial charge in [-0.05, 0) is 66.6 Å². The van der Waals surface area contributed by atoms with Crippen LogP contribution >= 0.6 is 0 Å². The van der Waals surface area contributed by atoms with Gasteiger partial charge in [-0.2, -0.15) is 0 Å². The number of carbonyl (C=O) groups is 1. The molecule has 1 heterocycles. The number of halogens is 1. The number of aromatic nitrogens is 1. The van der Waals surface area contributed by atoms with Crippen LogP contribution in [-0.4, -0.2) is 10.9 Å². The predicted molar refractivity (Wildman–Crippen MR) is 99.6 cm³/mol. The monoisotopic (exact) mass is 348 g/mol. The van der Waals surface area contributed by atoms with Gasteiger partial charge in [-0.15, -0.1) is 0 Å². The van der Waals surface area contributed by atoms with E-state index in [-0.39, 0.29) is 11.7 Å². The summed E-state index contributed by atoms with van der Waals surface area (Å²) in [5.41, 5.74) is 2.15. The van der Waals surface area contributed by atoms with Gasteiger partial charge in [0.2, 0.25) is 5.91 Å². The van der Waals surface area contributed by atoms with Crippen molar-refractivity contribution in [2.45, 2.75) is 6.92 Å². The summed E-state index contributed by atoms with van der Waals surface area (Å²) in [5, 5.41) is 2.77. The zero-order valence-corrected chi connectivity index (χ0v) is 14.1. The van der Waals surface area contributed by atoms with Crippen LogP contribution in [0.15, 0.2) is 73.1 Å². The first-order chi connectivity index (χ1) is 12.6. The number of hydrogen-bond acceptors (Lipinski definition) is 3. The van der Waals surface area contributed by atoms with Crippen molar-refractivity contribution >= 4 is 17.7 Å². The van der Waals surface area contributed by atoms with Crippen molar-refractivity contribution in [3.05, 3.63) is 90.0 Å². The number of aryl methyl sites for hydroxylation is 1. The van der Waals surface area contributed by atoms with E-state index in [1.165, 1.54) is 18.2 Å². The summed E-state index contributed by atoms with van der Waals surface area (Å²) >= 11 is 0. The lowest BCUT2D eigenvalue weighted by atomic mass is 10.2. The molecular formula is C21H17FN2O2. The van der Waals surface area contributed by atoms with Crippen molar-refractivity contribution < 1.29 is 13.9 Å². The summed E-state index contributed by atoms with van der Waals surface area (Å²) in [4.78, 5) is 16.0. The fraction of sp³-hybridized carbons (Fsp3) is 0.0476. The number of nitrogens with zero attached hydrogens (tertiary/aromatic N) is 1. The molecule has 0 atom stereocenters. The van der Waals surface area contributed by atoms with Crippen LogP contribution in [0, 0.1) is 12.7 Å². The van der Waals surface area contributed by atoms with E-state index in [0.717, 1.165) is 5.56 Å². The molecule has 0 aliphatic rings. The van der Waals surface area contributed by atoms with Crippen molar-refractivity contribution in [2.75, 3.05) is 5.32 Å². The number of hydrogen-bond donors (Lipinski definition) is 1. The molecule has 0 saturated heterocycles. The van der Waals surface area contributed by atoms with Gasteiger partial charge in [0.1, 0.15) is 17.3 Å². The molecular weight excluding hydrogens is 331 g/mol. The van der Waals surface area contributed by atoms with Crippen molar-refractivity contribution in [3.8, 4) is 11.5 Å². The van der Waals surface area contributed by atoms with Crippen LogP contribution in [0.4, 0.5) is 10.1 Å². The largest absolute Gasteiger partial charge is 0.455 e. The Bertz CT molecular complexity index is 940. The third kappa shape index (κ3) is 4.77. The Morgan fingerprint density at radius 2 is 2.04 bits per heavy atom. The molecule has 4 nitrogen and oxygen atoms in total. The lowest BCUT2D eigenvalue weighted by molar-refractivity contribution is -0.111. The van der Waals surface area contributed by atoms with Crippen molar-refractivity contribution in [1.29, 1.82) is 0 Å². The molecule has 1 aromatic heterocycles. The topological polar surface area (TPSA) is 51.2 Å². The smallest absolute Gasteiger partial charge is 0.248 e. The fourth-order valence-corrected chi connectivity index (χ4v) is 2.34. The molecule has 0 aliphatic carbocycles. The van der Waals surface area contributed by atoms with Gasteiger partial charge in [0.05, 0.1) is 6.20 Å². The standard InChI is InChI=1S/C21H17FN2O2/c1-15-12-18(8-9-20(15)26-19-6-3-11-23-14-19)24-21(25)10-7-16-4-2-5-17(22)13-16/h2-14H,1H3,(H,24,25). The highest BCUT2D eigenvalue weighted by Crippen LogP contribution is 2.26. The van der Waals surface area contributed by atoms with Gasteiger partial charge in [-0.3, -0.25) is 9.78 Å². The van der Waals surface area contributed by atoms with Gasteiger partial charge in [0.15, 0.2) is 0 Å². The highest BCUT2D eigenvalue weighted by atomic mass is 19.1. The van der Waals surface area contributed by atoms with E-state index in [1.54, 1.807) is 48.8 Å². The Balaban J connectivity index is 1.64. The highest BCUT2D eigenvalue weighted by Gasteiger charge is 2.05. The summed E-state index contributed by atoms with van der Waals surface area (Å²) in [5.74, 6) is 0.693. The molecule has 1 amide bonds. The van der Waals surface area contributed by atoms with E-state index in [9.17, 15) is 9.18 Å². The molecule has 0 fully saturated rings. The van der Waals surface area contributed by atoms with Crippen LogP contribution in [0.5, 0.6) is 11.5 Å². The molecule has 0 radical (unpaired) electrons. The van der Waals surface area contributed by atoms with Gasteiger partial charge in [-0.1, -0.05) is 12.1 Å². The van der Waals surface area contributed by atoms with Gasteiger partial charge in [-0.25, -0.2) is 4.39 Å². The third-order valence-corrected chi connectivity index (χ3v) is 3.58. The minimum atomic E-state index is -0.340. The number of ether oxygens (including phenoxy) is 1. The Morgan fingerprint density at radius 3 is 2.77 bits per heavy atom. The molecule has 0 spiro atoms. The average molecular weight is 348 g/mol. The summed E-state index contributed by atoms with van der Waals surface area (Å²) in [6.07, 6.45) is 6.23. The van der Waals surface area contributed by atoms with Gasteiger partial charge >= 0.3 is 0 Å². The number of benzene rings is 2. The molecule has 0 bridgehead atoms. The van der Waals surface area contributed by atoms with Crippen molar-refractivity contribution in [3.63, 3.8) is 0 Å². The summed E-state index contributed by atoms with van der Waals surface area (Å²) in [7, 11) is 0. The van der Waals surface area contributed by atoms with Crippen LogP contribution < -0.4 is 10.1 Å².